The molecule has 6 rings (SSSR count). The highest BCUT2D eigenvalue weighted by Crippen LogP contribution is 2.58. The van der Waals surface area contributed by atoms with E-state index in [-0.39, 0.29) is 23.1 Å². The maximum Gasteiger partial charge on any atom is 0.339 e. The van der Waals surface area contributed by atoms with Crippen LogP contribution >= 0.6 is 0 Å². The molecule has 162 valence electrons. The highest BCUT2D eigenvalue weighted by atomic mass is 19.1. The van der Waals surface area contributed by atoms with Gasteiger partial charge in [0.05, 0.1) is 23.3 Å². The number of nitrogens with zero attached hydrogens (tertiary/aromatic N) is 2. The summed E-state index contributed by atoms with van der Waals surface area (Å²) in [5.41, 5.74) is 5.13. The van der Waals surface area contributed by atoms with Crippen molar-refractivity contribution in [1.82, 2.24) is 9.55 Å². The number of carbonyl (C=O) groups is 1. The fraction of sp³-hybridized carbons (Fsp3) is 0.333. The van der Waals surface area contributed by atoms with Crippen molar-refractivity contribution < 1.29 is 13.9 Å². The van der Waals surface area contributed by atoms with E-state index in [9.17, 15) is 9.18 Å². The van der Waals surface area contributed by atoms with Crippen LogP contribution in [-0.4, -0.2) is 15.5 Å². The minimum Gasteiger partial charge on any atom is -0.451 e. The van der Waals surface area contributed by atoms with Gasteiger partial charge in [0, 0.05) is 29.0 Å². The third kappa shape index (κ3) is 2.60. The van der Waals surface area contributed by atoms with E-state index in [1.165, 1.54) is 17.7 Å². The van der Waals surface area contributed by atoms with Crippen molar-refractivity contribution in [3.63, 3.8) is 0 Å². The number of allylic oxidation sites excluding steroid dienone is 1. The molecule has 0 bridgehead atoms. The third-order valence-electron chi connectivity index (χ3n) is 7.90. The Kier molecular flexibility index (Phi) is 4.04. The molecule has 32 heavy (non-hydrogen) atoms. The zero-order valence-electron chi connectivity index (χ0n) is 18.3. The van der Waals surface area contributed by atoms with E-state index in [0.29, 0.717) is 5.56 Å². The Morgan fingerprint density at radius 3 is 2.72 bits per heavy atom. The molecule has 2 aromatic carbocycles. The molecule has 3 heterocycles. The molecule has 0 unspecified atom stereocenters. The van der Waals surface area contributed by atoms with E-state index < -0.39 is 5.60 Å². The molecular formula is C27H25FN2O2. The van der Waals surface area contributed by atoms with E-state index in [1.54, 1.807) is 12.1 Å². The first-order valence-electron chi connectivity index (χ1n) is 11.2. The van der Waals surface area contributed by atoms with Crippen LogP contribution in [0.4, 0.5) is 4.39 Å². The molecule has 3 aliphatic rings. The van der Waals surface area contributed by atoms with Crippen LogP contribution in [0.3, 0.4) is 0 Å². The highest BCUT2D eigenvalue weighted by Gasteiger charge is 2.56. The Morgan fingerprint density at radius 2 is 1.91 bits per heavy atom. The second-order valence-corrected chi connectivity index (χ2v) is 9.69. The van der Waals surface area contributed by atoms with Crippen LogP contribution in [0, 0.1) is 17.2 Å². The molecule has 0 saturated heterocycles. The molecular weight excluding hydrogens is 403 g/mol. The number of aromatic nitrogens is 2. The van der Waals surface area contributed by atoms with Gasteiger partial charge in [0.2, 0.25) is 0 Å². The minimum atomic E-state index is -0.653. The molecule has 0 spiro atoms. The number of fused-ring (bicyclic) bond motifs is 3. The maximum atomic E-state index is 13.4. The molecule has 5 heteroatoms. The number of esters is 1. The number of rotatable bonds is 2. The van der Waals surface area contributed by atoms with Crippen molar-refractivity contribution >= 4 is 12.0 Å². The Hall–Kier alpha value is -3.21. The summed E-state index contributed by atoms with van der Waals surface area (Å²) in [6.07, 6.45) is 7.23. The second-order valence-electron chi connectivity index (χ2n) is 9.69. The van der Waals surface area contributed by atoms with Gasteiger partial charge >= 0.3 is 5.97 Å². The molecule has 1 aliphatic carbocycles. The summed E-state index contributed by atoms with van der Waals surface area (Å²) < 4.78 is 21.7. The Bertz CT molecular complexity index is 1280. The maximum absolute atomic E-state index is 13.4. The number of imidazole rings is 1. The molecule has 0 radical (unpaired) electrons. The SMILES string of the molecule is C[C@]12Cn3cnc(-c4ccc(F)cc4)c3C=C1CCC[C@@H]2[C@]1(C)OC(=O)c2ccccc21. The van der Waals surface area contributed by atoms with Crippen LogP contribution in [0.2, 0.25) is 0 Å². The van der Waals surface area contributed by atoms with E-state index in [0.717, 1.165) is 48.3 Å². The Morgan fingerprint density at radius 1 is 1.12 bits per heavy atom. The first-order valence-corrected chi connectivity index (χ1v) is 11.2. The van der Waals surface area contributed by atoms with E-state index in [4.69, 9.17) is 4.74 Å². The number of cyclic esters (lactones) is 1. The summed E-state index contributed by atoms with van der Waals surface area (Å²) in [7, 11) is 0. The van der Waals surface area contributed by atoms with Crippen molar-refractivity contribution in [2.24, 2.45) is 11.3 Å². The molecule has 2 aliphatic heterocycles. The van der Waals surface area contributed by atoms with Crippen molar-refractivity contribution in [2.45, 2.75) is 45.3 Å². The third-order valence-corrected chi connectivity index (χ3v) is 7.90. The van der Waals surface area contributed by atoms with Crippen LogP contribution < -0.4 is 0 Å². The first-order chi connectivity index (χ1) is 15.4. The van der Waals surface area contributed by atoms with Crippen LogP contribution in [0.5, 0.6) is 0 Å². The zero-order chi connectivity index (χ0) is 22.1. The second kappa shape index (κ2) is 6.64. The number of carbonyl (C=O) groups excluding carboxylic acids is 1. The average molecular weight is 429 g/mol. The molecule has 3 aromatic rings. The fourth-order valence-electron chi connectivity index (χ4n) is 6.33. The standard InChI is InChI=1S/C27H25FN2O2/c1-26-15-30-16-29-24(17-10-12-19(28)13-11-17)22(30)14-18(26)6-5-9-23(26)27(2)21-8-4-3-7-20(21)25(31)32-27/h3-4,7-8,10-14,16,23H,5-6,9,15H2,1-2H3/t23-,26-,27+/m0/s1. The number of hydrogen-bond donors (Lipinski definition) is 0. The van der Waals surface area contributed by atoms with Gasteiger partial charge in [-0.05, 0) is 62.6 Å². The number of benzene rings is 2. The van der Waals surface area contributed by atoms with Gasteiger partial charge in [-0.1, -0.05) is 30.7 Å². The van der Waals surface area contributed by atoms with Crippen molar-refractivity contribution in [2.75, 3.05) is 0 Å². The van der Waals surface area contributed by atoms with Crippen LogP contribution in [0.25, 0.3) is 17.3 Å². The van der Waals surface area contributed by atoms with Gasteiger partial charge in [-0.25, -0.2) is 14.2 Å². The van der Waals surface area contributed by atoms with Gasteiger partial charge in [0.1, 0.15) is 11.4 Å². The van der Waals surface area contributed by atoms with Crippen LogP contribution in [-0.2, 0) is 16.9 Å². The summed E-state index contributed by atoms with van der Waals surface area (Å²) in [6.45, 7) is 5.18. The van der Waals surface area contributed by atoms with Crippen molar-refractivity contribution in [3.05, 3.63) is 83.1 Å². The Labute approximate surface area is 186 Å². The lowest BCUT2D eigenvalue weighted by Crippen LogP contribution is -2.49. The summed E-state index contributed by atoms with van der Waals surface area (Å²) >= 11 is 0. The van der Waals surface area contributed by atoms with Crippen molar-refractivity contribution in [3.8, 4) is 11.3 Å². The molecule has 1 fully saturated rings. The monoisotopic (exact) mass is 428 g/mol. The van der Waals surface area contributed by atoms with E-state index >= 15 is 0 Å². The molecule has 3 atom stereocenters. The summed E-state index contributed by atoms with van der Waals surface area (Å²) in [4.78, 5) is 17.4. The molecule has 1 saturated carbocycles. The lowest BCUT2D eigenvalue weighted by Gasteiger charge is -2.51. The lowest BCUT2D eigenvalue weighted by atomic mass is 9.57. The summed E-state index contributed by atoms with van der Waals surface area (Å²) in [5.74, 6) is -0.310. The zero-order valence-corrected chi connectivity index (χ0v) is 18.3. The van der Waals surface area contributed by atoms with Gasteiger partial charge < -0.3 is 9.30 Å². The summed E-state index contributed by atoms with van der Waals surface area (Å²) in [6, 6.07) is 14.3. The quantitative estimate of drug-likeness (QED) is 0.472. The topological polar surface area (TPSA) is 44.1 Å². The highest BCUT2D eigenvalue weighted by molar-refractivity contribution is 5.94. The lowest BCUT2D eigenvalue weighted by molar-refractivity contribution is -0.0768. The largest absolute Gasteiger partial charge is 0.451 e. The van der Waals surface area contributed by atoms with Crippen LogP contribution in [0.1, 0.15) is 54.7 Å². The van der Waals surface area contributed by atoms with Gasteiger partial charge in [-0.15, -0.1) is 0 Å². The predicted octanol–water partition coefficient (Wildman–Crippen LogP) is 5.98. The average Bonchev–Trinajstić information content (AvgIpc) is 3.30. The van der Waals surface area contributed by atoms with Gasteiger partial charge in [0.15, 0.2) is 0 Å². The fourth-order valence-corrected chi connectivity index (χ4v) is 6.33. The van der Waals surface area contributed by atoms with Crippen molar-refractivity contribution in [1.29, 1.82) is 0 Å². The molecule has 4 nitrogen and oxygen atoms in total. The normalized spacial score (nSPS) is 28.4. The smallest absolute Gasteiger partial charge is 0.339 e. The summed E-state index contributed by atoms with van der Waals surface area (Å²) in [5, 5.41) is 0. The molecule has 0 N–H and O–H groups in total. The van der Waals surface area contributed by atoms with Gasteiger partial charge in [0.25, 0.3) is 0 Å². The first kappa shape index (κ1) is 19.5. The minimum absolute atomic E-state index is 0.154. The number of ether oxygens (including phenoxy) is 1. The van der Waals surface area contributed by atoms with Gasteiger partial charge in [-0.2, -0.15) is 0 Å². The van der Waals surface area contributed by atoms with E-state index in [2.05, 4.69) is 29.5 Å². The van der Waals surface area contributed by atoms with Crippen LogP contribution in [0.15, 0.2) is 60.4 Å². The van der Waals surface area contributed by atoms with Gasteiger partial charge in [-0.3, -0.25) is 0 Å². The Balaban J connectivity index is 1.44. The number of halogens is 1. The number of hydrogen-bond acceptors (Lipinski definition) is 3. The van der Waals surface area contributed by atoms with E-state index in [1.807, 2.05) is 30.6 Å². The molecule has 1 aromatic heterocycles. The predicted molar refractivity (Wildman–Crippen MR) is 120 cm³/mol. The molecule has 0 amide bonds.